The molecule has 0 aromatic heterocycles. The van der Waals surface area contributed by atoms with E-state index >= 15 is 0 Å². The average molecular weight is 349 g/mol. The van der Waals surface area contributed by atoms with Gasteiger partial charge in [-0.1, -0.05) is 12.1 Å². The number of para-hydroxylation sites is 1. The van der Waals surface area contributed by atoms with Crippen molar-refractivity contribution in [2.75, 3.05) is 11.1 Å². The number of benzene rings is 2. The van der Waals surface area contributed by atoms with Crippen LogP contribution in [0.15, 0.2) is 42.5 Å². The van der Waals surface area contributed by atoms with Gasteiger partial charge in [0.25, 0.3) is 0 Å². The van der Waals surface area contributed by atoms with E-state index in [1.165, 1.54) is 0 Å². The third kappa shape index (κ3) is 2.93. The molecule has 0 saturated carbocycles. The Morgan fingerprint density at radius 2 is 2.00 bits per heavy atom. The number of nitrogens with zero attached hydrogens (tertiary/aromatic N) is 1. The second kappa shape index (κ2) is 5.74. The van der Waals surface area contributed by atoms with Crippen molar-refractivity contribution < 1.29 is 0 Å². The van der Waals surface area contributed by atoms with Gasteiger partial charge in [-0.25, -0.2) is 0 Å². The van der Waals surface area contributed by atoms with Crippen LogP contribution >= 0.6 is 22.6 Å². The monoisotopic (exact) mass is 349 g/mol. The molecule has 0 radical (unpaired) electrons. The summed E-state index contributed by atoms with van der Waals surface area (Å²) in [6, 6.07) is 15.8. The highest BCUT2D eigenvalue weighted by atomic mass is 127. The van der Waals surface area contributed by atoms with E-state index in [-0.39, 0.29) is 0 Å². The highest BCUT2D eigenvalue weighted by molar-refractivity contribution is 14.1. The Balaban J connectivity index is 2.28. The van der Waals surface area contributed by atoms with Crippen LogP contribution in [-0.4, -0.2) is 0 Å². The summed E-state index contributed by atoms with van der Waals surface area (Å²) in [6.45, 7) is 0. The van der Waals surface area contributed by atoms with Crippen LogP contribution in [0.1, 0.15) is 5.56 Å². The van der Waals surface area contributed by atoms with Gasteiger partial charge in [0.05, 0.1) is 18.2 Å². The van der Waals surface area contributed by atoms with Crippen molar-refractivity contribution >= 4 is 39.7 Å². The van der Waals surface area contributed by atoms with E-state index in [9.17, 15) is 0 Å². The predicted octanol–water partition coefficient (Wildman–Crippen LogP) is 3.68. The summed E-state index contributed by atoms with van der Waals surface area (Å²) in [5, 5.41) is 12.1. The number of halogens is 1. The lowest BCUT2D eigenvalue weighted by Crippen LogP contribution is -1.97. The molecule has 2 aromatic rings. The van der Waals surface area contributed by atoms with E-state index in [2.05, 4.69) is 34.0 Å². The van der Waals surface area contributed by atoms with Gasteiger partial charge in [0.2, 0.25) is 0 Å². The molecule has 2 rings (SSSR count). The van der Waals surface area contributed by atoms with Crippen LogP contribution < -0.4 is 11.1 Å². The second-order valence-electron chi connectivity index (χ2n) is 3.85. The van der Waals surface area contributed by atoms with E-state index in [0.29, 0.717) is 12.1 Å². The molecule has 0 aliphatic heterocycles. The average Bonchev–Trinajstić information content (AvgIpc) is 2.36. The zero-order chi connectivity index (χ0) is 13.0. The summed E-state index contributed by atoms with van der Waals surface area (Å²) in [4.78, 5) is 0. The topological polar surface area (TPSA) is 61.8 Å². The molecule has 0 bridgehead atoms. The molecule has 0 fully saturated rings. The second-order valence-corrected chi connectivity index (χ2v) is 5.02. The first-order valence-electron chi connectivity index (χ1n) is 5.47. The van der Waals surface area contributed by atoms with Crippen molar-refractivity contribution in [2.45, 2.75) is 6.42 Å². The zero-order valence-corrected chi connectivity index (χ0v) is 11.8. The Bertz CT molecular complexity index is 602. The number of nitrogens with two attached hydrogens (primary N) is 1. The van der Waals surface area contributed by atoms with Crippen LogP contribution in [0.4, 0.5) is 17.1 Å². The van der Waals surface area contributed by atoms with Crippen molar-refractivity contribution in [1.29, 1.82) is 5.26 Å². The van der Waals surface area contributed by atoms with Crippen molar-refractivity contribution in [3.8, 4) is 6.07 Å². The smallest absolute Gasteiger partial charge is 0.0670 e. The van der Waals surface area contributed by atoms with Crippen molar-refractivity contribution in [3.05, 3.63) is 51.6 Å². The highest BCUT2D eigenvalue weighted by Gasteiger charge is 2.03. The molecule has 0 aliphatic rings. The molecule has 0 saturated heterocycles. The van der Waals surface area contributed by atoms with Gasteiger partial charge in [-0.05, 0) is 58.5 Å². The van der Waals surface area contributed by atoms with E-state index in [1.54, 1.807) is 0 Å². The van der Waals surface area contributed by atoms with Crippen LogP contribution in [0, 0.1) is 14.9 Å². The molecule has 0 amide bonds. The summed E-state index contributed by atoms with van der Waals surface area (Å²) >= 11 is 2.28. The van der Waals surface area contributed by atoms with Crippen molar-refractivity contribution in [1.82, 2.24) is 0 Å². The van der Waals surface area contributed by atoms with Crippen molar-refractivity contribution in [3.63, 3.8) is 0 Å². The molecule has 2 aromatic carbocycles. The SMILES string of the molecule is N#CCc1cc(Nc2ccccc2I)ccc1N. The molecule has 0 aliphatic carbocycles. The van der Waals surface area contributed by atoms with E-state index < -0.39 is 0 Å². The van der Waals surface area contributed by atoms with Gasteiger partial charge in [0.15, 0.2) is 0 Å². The first kappa shape index (κ1) is 12.7. The standard InChI is InChI=1S/C14H12IN3/c15-12-3-1-2-4-14(12)18-11-5-6-13(17)10(9-11)7-8-16/h1-6,9,18H,7,17H2. The van der Waals surface area contributed by atoms with E-state index in [4.69, 9.17) is 11.0 Å². The Labute approximate surface area is 120 Å². The molecule has 0 heterocycles. The number of nitrogens with one attached hydrogen (secondary N) is 1. The molecular weight excluding hydrogens is 337 g/mol. The van der Waals surface area contributed by atoms with E-state index in [0.717, 1.165) is 20.5 Å². The summed E-state index contributed by atoms with van der Waals surface area (Å²) in [5.41, 5.74) is 9.32. The maximum Gasteiger partial charge on any atom is 0.0670 e. The van der Waals surface area contributed by atoms with Crippen LogP contribution in [0.2, 0.25) is 0 Å². The summed E-state index contributed by atoms with van der Waals surface area (Å²) in [5.74, 6) is 0. The van der Waals surface area contributed by atoms with Gasteiger partial charge in [-0.15, -0.1) is 0 Å². The third-order valence-electron chi connectivity index (χ3n) is 2.57. The molecule has 3 nitrogen and oxygen atoms in total. The zero-order valence-electron chi connectivity index (χ0n) is 9.65. The Morgan fingerprint density at radius 1 is 1.22 bits per heavy atom. The number of hydrogen-bond donors (Lipinski definition) is 2. The lowest BCUT2D eigenvalue weighted by Gasteiger charge is -2.10. The molecule has 18 heavy (non-hydrogen) atoms. The molecule has 0 spiro atoms. The quantitative estimate of drug-likeness (QED) is 0.656. The van der Waals surface area contributed by atoms with Gasteiger partial charge in [0, 0.05) is 14.9 Å². The molecule has 0 atom stereocenters. The Hall–Kier alpha value is -1.74. The van der Waals surface area contributed by atoms with Crippen LogP contribution in [0.5, 0.6) is 0 Å². The summed E-state index contributed by atoms with van der Waals surface area (Å²) in [6.07, 6.45) is 0.327. The summed E-state index contributed by atoms with van der Waals surface area (Å²) < 4.78 is 1.15. The number of hydrogen-bond acceptors (Lipinski definition) is 3. The molecular formula is C14H12IN3. The number of nitrogen functional groups attached to an aromatic ring is 1. The number of nitriles is 1. The maximum atomic E-state index is 8.74. The minimum absolute atomic E-state index is 0.327. The van der Waals surface area contributed by atoms with E-state index in [1.807, 2.05) is 42.5 Å². The van der Waals surface area contributed by atoms with Gasteiger partial charge >= 0.3 is 0 Å². The normalized spacial score (nSPS) is 9.78. The third-order valence-corrected chi connectivity index (χ3v) is 3.51. The van der Waals surface area contributed by atoms with Crippen LogP contribution in [0.3, 0.4) is 0 Å². The van der Waals surface area contributed by atoms with Crippen LogP contribution in [-0.2, 0) is 6.42 Å². The lowest BCUT2D eigenvalue weighted by atomic mass is 10.1. The largest absolute Gasteiger partial charge is 0.398 e. The first-order chi connectivity index (χ1) is 8.70. The number of rotatable bonds is 3. The Kier molecular flexibility index (Phi) is 4.05. The highest BCUT2D eigenvalue weighted by Crippen LogP contribution is 2.24. The van der Waals surface area contributed by atoms with Crippen LogP contribution in [0.25, 0.3) is 0 Å². The van der Waals surface area contributed by atoms with Gasteiger partial charge in [-0.2, -0.15) is 5.26 Å². The lowest BCUT2D eigenvalue weighted by molar-refractivity contribution is 1.27. The fraction of sp³-hybridized carbons (Fsp3) is 0.0714. The van der Waals surface area contributed by atoms with Crippen molar-refractivity contribution in [2.24, 2.45) is 0 Å². The van der Waals surface area contributed by atoms with Gasteiger partial charge in [-0.3, -0.25) is 0 Å². The number of anilines is 3. The molecule has 0 unspecified atom stereocenters. The predicted molar refractivity (Wildman–Crippen MR) is 82.6 cm³/mol. The molecule has 90 valence electrons. The van der Waals surface area contributed by atoms with Gasteiger partial charge < -0.3 is 11.1 Å². The molecule has 3 N–H and O–H groups in total. The maximum absolute atomic E-state index is 8.74. The minimum Gasteiger partial charge on any atom is -0.398 e. The minimum atomic E-state index is 0.327. The first-order valence-corrected chi connectivity index (χ1v) is 6.55. The molecule has 4 heteroatoms. The summed E-state index contributed by atoms with van der Waals surface area (Å²) in [7, 11) is 0. The van der Waals surface area contributed by atoms with Gasteiger partial charge in [0.1, 0.15) is 0 Å². The Morgan fingerprint density at radius 3 is 2.72 bits per heavy atom. The fourth-order valence-corrected chi connectivity index (χ4v) is 2.16. The fourth-order valence-electron chi connectivity index (χ4n) is 1.64.